The van der Waals surface area contributed by atoms with Crippen molar-refractivity contribution in [1.82, 2.24) is 19.7 Å². The molecule has 2 aromatic rings. The SMILES string of the molecule is Cc1cnc(C(=O)Nc2c(N)c(C)nn2C)cn1. The Morgan fingerprint density at radius 1 is 1.33 bits per heavy atom. The van der Waals surface area contributed by atoms with Crippen LogP contribution in [0.4, 0.5) is 11.5 Å². The third-order valence-electron chi connectivity index (χ3n) is 2.51. The summed E-state index contributed by atoms with van der Waals surface area (Å²) in [5.41, 5.74) is 7.93. The molecule has 0 aromatic carbocycles. The van der Waals surface area contributed by atoms with Crippen molar-refractivity contribution in [3.63, 3.8) is 0 Å². The van der Waals surface area contributed by atoms with Gasteiger partial charge < -0.3 is 11.1 Å². The van der Waals surface area contributed by atoms with Crippen LogP contribution in [0.15, 0.2) is 12.4 Å². The molecule has 0 unspecified atom stereocenters. The number of nitrogens with zero attached hydrogens (tertiary/aromatic N) is 4. The molecule has 7 nitrogen and oxygen atoms in total. The van der Waals surface area contributed by atoms with Gasteiger partial charge in [0, 0.05) is 13.2 Å². The van der Waals surface area contributed by atoms with E-state index in [9.17, 15) is 4.79 Å². The topological polar surface area (TPSA) is 98.7 Å². The summed E-state index contributed by atoms with van der Waals surface area (Å²) < 4.78 is 1.52. The summed E-state index contributed by atoms with van der Waals surface area (Å²) >= 11 is 0. The molecule has 0 aliphatic rings. The highest BCUT2D eigenvalue weighted by Crippen LogP contribution is 2.21. The number of nitrogens with two attached hydrogens (primary N) is 1. The fourth-order valence-corrected chi connectivity index (χ4v) is 1.50. The second kappa shape index (κ2) is 4.44. The molecule has 0 fully saturated rings. The second-order valence-corrected chi connectivity index (χ2v) is 3.97. The zero-order valence-electron chi connectivity index (χ0n) is 10.4. The molecule has 0 saturated carbocycles. The smallest absolute Gasteiger partial charge is 0.277 e. The normalized spacial score (nSPS) is 10.4. The summed E-state index contributed by atoms with van der Waals surface area (Å²) in [6.45, 7) is 3.58. The number of nitrogen functional groups attached to an aromatic ring is 1. The zero-order chi connectivity index (χ0) is 13.3. The molecule has 0 aliphatic heterocycles. The summed E-state index contributed by atoms with van der Waals surface area (Å²) in [5.74, 6) is 0.0945. The van der Waals surface area contributed by atoms with E-state index in [2.05, 4.69) is 20.4 Å². The number of nitrogens with one attached hydrogen (secondary N) is 1. The van der Waals surface area contributed by atoms with E-state index in [1.54, 1.807) is 20.9 Å². The van der Waals surface area contributed by atoms with Gasteiger partial charge in [-0.05, 0) is 13.8 Å². The molecular formula is C11H14N6O. The first kappa shape index (κ1) is 12.0. The minimum Gasteiger partial charge on any atom is -0.394 e. The molecule has 2 aromatic heterocycles. The Balaban J connectivity index is 2.24. The van der Waals surface area contributed by atoms with Crippen LogP contribution in [-0.4, -0.2) is 25.7 Å². The van der Waals surface area contributed by atoms with Gasteiger partial charge in [-0.3, -0.25) is 14.5 Å². The number of hydrogen-bond acceptors (Lipinski definition) is 5. The van der Waals surface area contributed by atoms with E-state index in [0.717, 1.165) is 5.69 Å². The first-order chi connectivity index (χ1) is 8.49. The van der Waals surface area contributed by atoms with Crippen molar-refractivity contribution in [1.29, 1.82) is 0 Å². The maximum absolute atomic E-state index is 11.9. The number of carbonyl (C=O) groups is 1. The van der Waals surface area contributed by atoms with Crippen LogP contribution in [0.1, 0.15) is 21.9 Å². The number of aromatic nitrogens is 4. The van der Waals surface area contributed by atoms with Crippen LogP contribution in [-0.2, 0) is 7.05 Å². The molecule has 0 aliphatic carbocycles. The van der Waals surface area contributed by atoms with E-state index in [1.165, 1.54) is 17.1 Å². The lowest BCUT2D eigenvalue weighted by molar-refractivity contribution is 0.102. The molecule has 18 heavy (non-hydrogen) atoms. The van der Waals surface area contributed by atoms with Crippen molar-refractivity contribution < 1.29 is 4.79 Å². The lowest BCUT2D eigenvalue weighted by Crippen LogP contribution is -2.17. The minimum absolute atomic E-state index is 0.235. The monoisotopic (exact) mass is 246 g/mol. The highest BCUT2D eigenvalue weighted by atomic mass is 16.2. The van der Waals surface area contributed by atoms with E-state index in [4.69, 9.17) is 5.73 Å². The van der Waals surface area contributed by atoms with Gasteiger partial charge in [-0.1, -0.05) is 0 Å². The second-order valence-electron chi connectivity index (χ2n) is 3.97. The molecule has 1 amide bonds. The van der Waals surface area contributed by atoms with Gasteiger partial charge in [0.2, 0.25) is 0 Å². The molecule has 0 spiro atoms. The lowest BCUT2D eigenvalue weighted by Gasteiger charge is -2.05. The van der Waals surface area contributed by atoms with Crippen molar-refractivity contribution in [2.45, 2.75) is 13.8 Å². The van der Waals surface area contributed by atoms with Crippen LogP contribution in [0.5, 0.6) is 0 Å². The molecule has 2 heterocycles. The van der Waals surface area contributed by atoms with Crippen LogP contribution >= 0.6 is 0 Å². The van der Waals surface area contributed by atoms with E-state index in [1.807, 2.05) is 0 Å². The molecule has 0 radical (unpaired) electrons. The highest BCUT2D eigenvalue weighted by Gasteiger charge is 2.15. The van der Waals surface area contributed by atoms with Crippen molar-refractivity contribution in [2.75, 3.05) is 11.1 Å². The minimum atomic E-state index is -0.364. The molecule has 2 rings (SSSR count). The Bertz CT molecular complexity index is 586. The van der Waals surface area contributed by atoms with Crippen LogP contribution in [0.25, 0.3) is 0 Å². The first-order valence-electron chi connectivity index (χ1n) is 5.38. The maximum Gasteiger partial charge on any atom is 0.277 e. The fraction of sp³-hybridized carbons (Fsp3) is 0.273. The molecule has 94 valence electrons. The van der Waals surface area contributed by atoms with Crippen LogP contribution in [0, 0.1) is 13.8 Å². The summed E-state index contributed by atoms with van der Waals surface area (Å²) in [6.07, 6.45) is 2.96. The van der Waals surface area contributed by atoms with Crippen LogP contribution in [0.3, 0.4) is 0 Å². The Hall–Kier alpha value is -2.44. The molecule has 0 atom stereocenters. The lowest BCUT2D eigenvalue weighted by atomic mass is 10.3. The predicted molar refractivity (Wildman–Crippen MR) is 67.1 cm³/mol. The Labute approximate surface area is 104 Å². The summed E-state index contributed by atoms with van der Waals surface area (Å²) in [6, 6.07) is 0. The van der Waals surface area contributed by atoms with Crippen molar-refractivity contribution in [2.24, 2.45) is 7.05 Å². The van der Waals surface area contributed by atoms with Gasteiger partial charge >= 0.3 is 0 Å². The van der Waals surface area contributed by atoms with Gasteiger partial charge in [0.25, 0.3) is 5.91 Å². The number of amides is 1. The number of carbonyl (C=O) groups excluding carboxylic acids is 1. The standard InChI is InChI=1S/C11H14N6O/c1-6-4-14-8(5-13-6)11(18)15-10-9(12)7(2)16-17(10)3/h4-5H,12H2,1-3H3,(H,15,18). The average molecular weight is 246 g/mol. The highest BCUT2D eigenvalue weighted by molar-refractivity contribution is 6.03. The van der Waals surface area contributed by atoms with E-state index < -0.39 is 0 Å². The molecule has 0 bridgehead atoms. The molecule has 0 saturated heterocycles. The number of anilines is 2. The van der Waals surface area contributed by atoms with E-state index in [-0.39, 0.29) is 11.6 Å². The summed E-state index contributed by atoms with van der Waals surface area (Å²) in [5, 5.41) is 6.78. The third-order valence-corrected chi connectivity index (χ3v) is 2.51. The van der Waals surface area contributed by atoms with Gasteiger partial charge in [-0.2, -0.15) is 5.10 Å². The first-order valence-corrected chi connectivity index (χ1v) is 5.38. The largest absolute Gasteiger partial charge is 0.394 e. The Morgan fingerprint density at radius 2 is 2.06 bits per heavy atom. The molecule has 3 N–H and O–H groups in total. The van der Waals surface area contributed by atoms with E-state index >= 15 is 0 Å². The predicted octanol–water partition coefficient (Wildman–Crippen LogP) is 0.661. The van der Waals surface area contributed by atoms with Crippen LogP contribution < -0.4 is 11.1 Å². The van der Waals surface area contributed by atoms with Gasteiger partial charge in [-0.25, -0.2) is 4.98 Å². The molecular weight excluding hydrogens is 232 g/mol. The number of aryl methyl sites for hydroxylation is 3. The van der Waals surface area contributed by atoms with Crippen molar-refractivity contribution in [3.8, 4) is 0 Å². The number of rotatable bonds is 2. The average Bonchev–Trinajstić information content (AvgIpc) is 2.57. The zero-order valence-corrected chi connectivity index (χ0v) is 10.4. The van der Waals surface area contributed by atoms with E-state index in [0.29, 0.717) is 17.2 Å². The van der Waals surface area contributed by atoms with Crippen molar-refractivity contribution in [3.05, 3.63) is 29.5 Å². The Morgan fingerprint density at radius 3 is 2.56 bits per heavy atom. The summed E-state index contributed by atoms with van der Waals surface area (Å²) in [4.78, 5) is 19.9. The van der Waals surface area contributed by atoms with Gasteiger partial charge in [-0.15, -0.1) is 0 Å². The maximum atomic E-state index is 11.9. The van der Waals surface area contributed by atoms with Crippen LogP contribution in [0.2, 0.25) is 0 Å². The fourth-order valence-electron chi connectivity index (χ4n) is 1.50. The van der Waals surface area contributed by atoms with Gasteiger partial charge in [0.1, 0.15) is 5.69 Å². The van der Waals surface area contributed by atoms with Crippen molar-refractivity contribution >= 4 is 17.4 Å². The third kappa shape index (κ3) is 2.15. The number of hydrogen-bond donors (Lipinski definition) is 2. The van der Waals surface area contributed by atoms with Gasteiger partial charge in [0.05, 0.1) is 23.3 Å². The molecule has 7 heteroatoms. The Kier molecular flexibility index (Phi) is 2.97. The summed E-state index contributed by atoms with van der Waals surface area (Å²) in [7, 11) is 1.71. The quantitative estimate of drug-likeness (QED) is 0.811. The van der Waals surface area contributed by atoms with Gasteiger partial charge in [0.15, 0.2) is 5.82 Å².